The van der Waals surface area contributed by atoms with Gasteiger partial charge in [-0.1, -0.05) is 6.07 Å². The van der Waals surface area contributed by atoms with Crippen molar-refractivity contribution in [2.75, 3.05) is 7.11 Å². The molecule has 0 atom stereocenters. The van der Waals surface area contributed by atoms with Crippen molar-refractivity contribution in [1.82, 2.24) is 4.98 Å². The molecule has 0 aliphatic heterocycles. The van der Waals surface area contributed by atoms with E-state index >= 15 is 0 Å². The van der Waals surface area contributed by atoms with E-state index in [2.05, 4.69) is 4.98 Å². The van der Waals surface area contributed by atoms with Crippen LogP contribution in [0.1, 0.15) is 33.5 Å². The van der Waals surface area contributed by atoms with E-state index in [9.17, 15) is 9.59 Å². The molecule has 1 aromatic heterocycles. The van der Waals surface area contributed by atoms with E-state index < -0.39 is 0 Å². The van der Waals surface area contributed by atoms with Gasteiger partial charge in [0.15, 0.2) is 0 Å². The third kappa shape index (κ3) is 1.67. The quantitative estimate of drug-likeness (QED) is 0.796. The zero-order chi connectivity index (χ0) is 13.6. The second kappa shape index (κ2) is 4.23. The lowest BCUT2D eigenvalue weighted by Crippen LogP contribution is -2.14. The van der Waals surface area contributed by atoms with Gasteiger partial charge in [-0.2, -0.15) is 0 Å². The molecule has 1 aliphatic rings. The van der Waals surface area contributed by atoms with Crippen molar-refractivity contribution in [3.05, 3.63) is 44.7 Å². The molecular formula is C15H15NO3. The van der Waals surface area contributed by atoms with Gasteiger partial charge in [0, 0.05) is 10.9 Å². The Kier molecular flexibility index (Phi) is 2.66. The lowest BCUT2D eigenvalue weighted by molar-refractivity contribution is 0.0600. The average Bonchev–Trinajstić information content (AvgIpc) is 2.89. The summed E-state index contributed by atoms with van der Waals surface area (Å²) >= 11 is 0. The average molecular weight is 257 g/mol. The molecule has 19 heavy (non-hydrogen) atoms. The predicted molar refractivity (Wildman–Crippen MR) is 72.7 cm³/mol. The van der Waals surface area contributed by atoms with Gasteiger partial charge in [0.25, 0.3) is 5.56 Å². The van der Waals surface area contributed by atoms with E-state index in [1.807, 2.05) is 13.0 Å². The van der Waals surface area contributed by atoms with Crippen LogP contribution in [0.5, 0.6) is 0 Å². The van der Waals surface area contributed by atoms with Gasteiger partial charge < -0.3 is 9.72 Å². The molecule has 0 amide bonds. The van der Waals surface area contributed by atoms with Crippen molar-refractivity contribution in [3.63, 3.8) is 0 Å². The molecule has 1 N–H and O–H groups in total. The number of carbonyl (C=O) groups excluding carboxylic acids is 1. The minimum atomic E-state index is -0.374. The van der Waals surface area contributed by atoms with Crippen LogP contribution in [0.3, 0.4) is 0 Å². The van der Waals surface area contributed by atoms with Crippen LogP contribution in [0, 0.1) is 6.92 Å². The summed E-state index contributed by atoms with van der Waals surface area (Å²) in [7, 11) is 1.36. The van der Waals surface area contributed by atoms with Gasteiger partial charge in [0.1, 0.15) is 0 Å². The summed E-state index contributed by atoms with van der Waals surface area (Å²) in [5.41, 5.74) is 4.05. The summed E-state index contributed by atoms with van der Waals surface area (Å²) in [4.78, 5) is 26.7. The minimum Gasteiger partial charge on any atom is -0.465 e. The normalized spacial score (nSPS) is 13.6. The molecule has 3 rings (SSSR count). The molecular weight excluding hydrogens is 242 g/mol. The molecule has 0 fully saturated rings. The summed E-state index contributed by atoms with van der Waals surface area (Å²) < 4.78 is 4.76. The largest absolute Gasteiger partial charge is 0.465 e. The zero-order valence-electron chi connectivity index (χ0n) is 11.0. The van der Waals surface area contributed by atoms with Gasteiger partial charge in [0.2, 0.25) is 0 Å². The van der Waals surface area contributed by atoms with E-state index in [0.29, 0.717) is 5.56 Å². The summed E-state index contributed by atoms with van der Waals surface area (Å²) in [5, 5.41) is 1.05. The van der Waals surface area contributed by atoms with Crippen molar-refractivity contribution >= 4 is 16.9 Å². The fraction of sp³-hybridized carbons (Fsp3) is 0.333. The Balaban J connectivity index is 2.37. The molecule has 0 unspecified atom stereocenters. The van der Waals surface area contributed by atoms with Gasteiger partial charge in [-0.3, -0.25) is 4.79 Å². The Morgan fingerprint density at radius 2 is 2.00 bits per heavy atom. The SMILES string of the molecule is COC(=O)c1ccc2c3c(c(=O)[nH]c2c1C)CCC3. The fourth-order valence-electron chi connectivity index (χ4n) is 2.94. The first-order valence-corrected chi connectivity index (χ1v) is 6.39. The number of benzene rings is 1. The van der Waals surface area contributed by atoms with Crippen LogP contribution in [-0.2, 0) is 17.6 Å². The van der Waals surface area contributed by atoms with E-state index in [4.69, 9.17) is 4.74 Å². The highest BCUT2D eigenvalue weighted by atomic mass is 16.5. The molecule has 0 saturated carbocycles. The number of esters is 1. The number of hydrogen-bond acceptors (Lipinski definition) is 3. The van der Waals surface area contributed by atoms with Crippen LogP contribution in [-0.4, -0.2) is 18.1 Å². The van der Waals surface area contributed by atoms with Crippen LogP contribution >= 0.6 is 0 Å². The summed E-state index contributed by atoms with van der Waals surface area (Å²) in [6, 6.07) is 3.69. The Hall–Kier alpha value is -2.10. The van der Waals surface area contributed by atoms with E-state index in [1.165, 1.54) is 7.11 Å². The first-order valence-electron chi connectivity index (χ1n) is 6.39. The van der Waals surface area contributed by atoms with Crippen LogP contribution < -0.4 is 5.56 Å². The summed E-state index contributed by atoms with van der Waals surface area (Å²) in [6.07, 6.45) is 2.81. The maximum Gasteiger partial charge on any atom is 0.338 e. The number of nitrogens with one attached hydrogen (secondary N) is 1. The zero-order valence-corrected chi connectivity index (χ0v) is 11.0. The molecule has 0 bridgehead atoms. The number of H-pyrrole nitrogens is 1. The van der Waals surface area contributed by atoms with Crippen molar-refractivity contribution in [1.29, 1.82) is 0 Å². The Bertz CT molecular complexity index is 743. The Labute approximate surface area is 110 Å². The van der Waals surface area contributed by atoms with Gasteiger partial charge in [0.05, 0.1) is 18.2 Å². The van der Waals surface area contributed by atoms with Crippen LogP contribution in [0.4, 0.5) is 0 Å². The van der Waals surface area contributed by atoms with E-state index in [0.717, 1.165) is 46.9 Å². The number of pyridine rings is 1. The van der Waals surface area contributed by atoms with Gasteiger partial charge in [-0.15, -0.1) is 0 Å². The molecule has 0 saturated heterocycles. The van der Waals surface area contributed by atoms with E-state index in [1.54, 1.807) is 6.07 Å². The number of aromatic amines is 1. The summed E-state index contributed by atoms with van der Waals surface area (Å²) in [6.45, 7) is 1.84. The minimum absolute atomic E-state index is 0.0230. The van der Waals surface area contributed by atoms with Crippen LogP contribution in [0.25, 0.3) is 10.9 Å². The van der Waals surface area contributed by atoms with Gasteiger partial charge in [-0.25, -0.2) is 4.79 Å². The lowest BCUT2D eigenvalue weighted by atomic mass is 9.99. The monoisotopic (exact) mass is 257 g/mol. The number of methoxy groups -OCH3 is 1. The third-order valence-corrected chi connectivity index (χ3v) is 3.93. The lowest BCUT2D eigenvalue weighted by Gasteiger charge is -2.10. The highest BCUT2D eigenvalue weighted by Gasteiger charge is 2.20. The highest BCUT2D eigenvalue weighted by Crippen LogP contribution is 2.29. The molecule has 1 heterocycles. The number of aryl methyl sites for hydroxylation is 2. The number of ether oxygens (including phenoxy) is 1. The number of aromatic nitrogens is 1. The van der Waals surface area contributed by atoms with Crippen molar-refractivity contribution < 1.29 is 9.53 Å². The molecule has 2 aromatic rings. The molecule has 0 spiro atoms. The number of rotatable bonds is 1. The predicted octanol–water partition coefficient (Wildman–Crippen LogP) is 2.11. The smallest absolute Gasteiger partial charge is 0.338 e. The second-order valence-corrected chi connectivity index (χ2v) is 4.92. The topological polar surface area (TPSA) is 59.2 Å². The van der Waals surface area contributed by atoms with Crippen LogP contribution in [0.15, 0.2) is 16.9 Å². The van der Waals surface area contributed by atoms with E-state index in [-0.39, 0.29) is 11.5 Å². The highest BCUT2D eigenvalue weighted by molar-refractivity contribution is 5.98. The first-order chi connectivity index (χ1) is 9.13. The maximum absolute atomic E-state index is 12.1. The summed E-state index contributed by atoms with van der Waals surface area (Å²) in [5.74, 6) is -0.374. The Morgan fingerprint density at radius 1 is 1.26 bits per heavy atom. The van der Waals surface area contributed by atoms with Gasteiger partial charge >= 0.3 is 5.97 Å². The molecule has 4 heteroatoms. The molecule has 1 aromatic carbocycles. The van der Waals surface area contributed by atoms with Crippen molar-refractivity contribution in [3.8, 4) is 0 Å². The third-order valence-electron chi connectivity index (χ3n) is 3.93. The Morgan fingerprint density at radius 3 is 2.74 bits per heavy atom. The van der Waals surface area contributed by atoms with Gasteiger partial charge in [-0.05, 0) is 43.4 Å². The molecule has 98 valence electrons. The van der Waals surface area contributed by atoms with Crippen LogP contribution in [0.2, 0.25) is 0 Å². The standard InChI is InChI=1S/C15H15NO3/c1-8-9(15(18)19-2)6-7-11-10-4-3-5-12(10)14(17)16-13(8)11/h6-7H,3-5H2,1-2H3,(H,16,17). The maximum atomic E-state index is 12.1. The van der Waals surface area contributed by atoms with Crippen molar-refractivity contribution in [2.24, 2.45) is 0 Å². The first kappa shape index (κ1) is 12.0. The number of hydrogen-bond donors (Lipinski definition) is 1. The molecule has 0 radical (unpaired) electrons. The second-order valence-electron chi connectivity index (χ2n) is 4.92. The fourth-order valence-corrected chi connectivity index (χ4v) is 2.94. The number of fused-ring (bicyclic) bond motifs is 3. The molecule has 1 aliphatic carbocycles. The molecule has 4 nitrogen and oxygen atoms in total. The number of carbonyl (C=O) groups is 1. The van der Waals surface area contributed by atoms with Crippen molar-refractivity contribution in [2.45, 2.75) is 26.2 Å².